The molecule has 0 unspecified atom stereocenters. The van der Waals surface area contributed by atoms with Crippen molar-refractivity contribution in [1.29, 1.82) is 0 Å². The number of hydrogen-bond donors (Lipinski definition) is 2. The van der Waals surface area contributed by atoms with E-state index in [9.17, 15) is 24.6 Å². The molecule has 3 aromatic carbocycles. The summed E-state index contributed by atoms with van der Waals surface area (Å²) in [6.45, 7) is 3.36. The molecule has 1 aromatic heterocycles. The third kappa shape index (κ3) is 6.65. The van der Waals surface area contributed by atoms with Gasteiger partial charge in [0.05, 0.1) is 18.4 Å². The molecule has 2 amide bonds. The molecular formula is C37H36Cl2N4O7. The van der Waals surface area contributed by atoms with Gasteiger partial charge in [-0.05, 0) is 78.3 Å². The van der Waals surface area contributed by atoms with Gasteiger partial charge in [0.25, 0.3) is 5.91 Å². The van der Waals surface area contributed by atoms with Gasteiger partial charge in [-0.25, -0.2) is 9.59 Å². The Morgan fingerprint density at radius 2 is 1.80 bits per heavy atom. The zero-order valence-electron chi connectivity index (χ0n) is 27.3. The number of amides is 2. The number of rotatable bonds is 9. The van der Waals surface area contributed by atoms with Gasteiger partial charge in [-0.1, -0.05) is 41.4 Å². The number of likely N-dealkylation sites (tertiary alicyclic amines) is 1. The smallest absolute Gasteiger partial charge is 0.414 e. The van der Waals surface area contributed by atoms with Crippen molar-refractivity contribution in [3.05, 3.63) is 99.3 Å². The van der Waals surface area contributed by atoms with Crippen molar-refractivity contribution in [2.45, 2.75) is 44.2 Å². The number of hydrogen-bond acceptors (Lipinski definition) is 7. The highest BCUT2D eigenvalue weighted by Gasteiger charge is 2.48. The zero-order chi connectivity index (χ0) is 35.2. The number of aliphatic hydroxyl groups is 1. The van der Waals surface area contributed by atoms with Crippen LogP contribution in [0.5, 0.6) is 5.75 Å². The van der Waals surface area contributed by atoms with E-state index in [2.05, 4.69) is 5.10 Å². The summed E-state index contributed by atoms with van der Waals surface area (Å²) in [5, 5.41) is 25.3. The molecule has 11 nitrogen and oxygen atoms in total. The number of fused-ring (bicyclic) bond motifs is 3. The van der Waals surface area contributed by atoms with Crippen LogP contribution in [-0.2, 0) is 16.1 Å². The number of carbonyl (C=O) groups is 3. The highest BCUT2D eigenvalue weighted by Crippen LogP contribution is 2.57. The topological polar surface area (TPSA) is 134 Å². The van der Waals surface area contributed by atoms with Gasteiger partial charge in [-0.15, -0.1) is 0 Å². The normalized spacial score (nSPS) is 19.0. The minimum atomic E-state index is -1.81. The van der Waals surface area contributed by atoms with Crippen molar-refractivity contribution in [3.8, 4) is 16.9 Å². The molecule has 0 spiro atoms. The molecule has 0 bridgehead atoms. The van der Waals surface area contributed by atoms with E-state index < -0.39 is 17.7 Å². The monoisotopic (exact) mass is 718 g/mol. The van der Waals surface area contributed by atoms with Crippen LogP contribution >= 0.6 is 23.2 Å². The molecule has 1 saturated carbocycles. The lowest BCUT2D eigenvalue weighted by atomic mass is 9.91. The van der Waals surface area contributed by atoms with E-state index in [1.54, 1.807) is 44.9 Å². The fraction of sp³-hybridized carbons (Fsp3) is 0.351. The number of benzene rings is 3. The maximum Gasteiger partial charge on any atom is 0.414 e. The largest absolute Gasteiger partial charge is 0.490 e. The second-order valence-corrected chi connectivity index (χ2v) is 14.0. The van der Waals surface area contributed by atoms with E-state index in [-0.39, 0.29) is 45.1 Å². The summed E-state index contributed by atoms with van der Waals surface area (Å²) in [5.74, 6) is -0.164. The fourth-order valence-corrected chi connectivity index (χ4v) is 7.25. The Morgan fingerprint density at radius 1 is 1.02 bits per heavy atom. The zero-order valence-corrected chi connectivity index (χ0v) is 28.9. The first-order chi connectivity index (χ1) is 24.0. The summed E-state index contributed by atoms with van der Waals surface area (Å²) in [6, 6.07) is 16.4. The van der Waals surface area contributed by atoms with Crippen molar-refractivity contribution < 1.29 is 34.1 Å². The molecule has 2 fully saturated rings. The Kier molecular flexibility index (Phi) is 9.23. The van der Waals surface area contributed by atoms with E-state index in [1.165, 1.54) is 0 Å². The highest BCUT2D eigenvalue weighted by molar-refractivity contribution is 6.31. The Hall–Kier alpha value is -4.58. The lowest BCUT2D eigenvalue weighted by molar-refractivity contribution is -0.162. The van der Waals surface area contributed by atoms with Crippen LogP contribution in [0.4, 0.5) is 10.5 Å². The molecule has 260 valence electrons. The molecule has 1 saturated heterocycles. The number of aromatic nitrogens is 2. The van der Waals surface area contributed by atoms with Crippen molar-refractivity contribution in [2.24, 2.45) is 5.92 Å². The number of carboxylic acid groups (broad SMARTS) is 1. The van der Waals surface area contributed by atoms with Crippen molar-refractivity contribution >= 4 is 46.9 Å². The summed E-state index contributed by atoms with van der Waals surface area (Å²) in [4.78, 5) is 41.2. The molecule has 4 aromatic rings. The molecule has 13 heteroatoms. The van der Waals surface area contributed by atoms with Gasteiger partial charge in [0, 0.05) is 65.4 Å². The van der Waals surface area contributed by atoms with Crippen LogP contribution in [0.1, 0.15) is 52.2 Å². The first kappa shape index (κ1) is 33.9. The number of carboxylic acids is 1. The van der Waals surface area contributed by atoms with E-state index in [0.717, 1.165) is 34.4 Å². The van der Waals surface area contributed by atoms with Crippen LogP contribution < -0.4 is 9.64 Å². The van der Waals surface area contributed by atoms with Crippen LogP contribution in [-0.4, -0.2) is 81.3 Å². The lowest BCUT2D eigenvalue weighted by Gasteiger charge is -2.35. The molecule has 7 rings (SSSR count). The quantitative estimate of drug-likeness (QED) is 0.190. The van der Waals surface area contributed by atoms with E-state index in [4.69, 9.17) is 32.7 Å². The van der Waals surface area contributed by atoms with Gasteiger partial charge in [-0.2, -0.15) is 5.10 Å². The number of piperidine rings is 1. The number of aliphatic carboxylic acids is 1. The highest BCUT2D eigenvalue weighted by atomic mass is 35.5. The van der Waals surface area contributed by atoms with Gasteiger partial charge in [0.2, 0.25) is 0 Å². The lowest BCUT2D eigenvalue weighted by Crippen LogP contribution is -2.50. The van der Waals surface area contributed by atoms with Gasteiger partial charge in [0.1, 0.15) is 19.0 Å². The molecule has 1 aliphatic carbocycles. The minimum absolute atomic E-state index is 0.0339. The Morgan fingerprint density at radius 3 is 2.58 bits per heavy atom. The standard InChI is InChI=1S/C37H36Cl2N4O7/c1-22-29(38)5-3-7-32(22)49-14-15-50-36(47)43-21-24-17-28(24)33-27(4-2-6-31(33)43)26-18-40-42(20-26)19-25-16-23(8-9-30(25)39)34(44)41-12-10-37(48,11-13-41)35(45)46/h2-9,16,18,20,24,28,48H,10-15,17,19,21H2,1H3,(H,45,46)/t24-,28-/m0/s1. The molecular weight excluding hydrogens is 683 g/mol. The van der Waals surface area contributed by atoms with E-state index in [1.807, 2.05) is 43.5 Å². The number of carbonyl (C=O) groups excluding carboxylic acids is 2. The maximum absolute atomic E-state index is 13.3. The Labute approximate surface area is 298 Å². The first-order valence-corrected chi connectivity index (χ1v) is 17.3. The predicted octanol–water partition coefficient (Wildman–Crippen LogP) is 6.40. The summed E-state index contributed by atoms with van der Waals surface area (Å²) < 4.78 is 13.2. The molecule has 50 heavy (non-hydrogen) atoms. The molecule has 2 N–H and O–H groups in total. The maximum atomic E-state index is 13.3. The Bertz CT molecular complexity index is 1970. The molecule has 2 atom stereocenters. The van der Waals surface area contributed by atoms with Crippen LogP contribution in [0.25, 0.3) is 11.1 Å². The minimum Gasteiger partial charge on any atom is -0.490 e. The average molecular weight is 720 g/mol. The van der Waals surface area contributed by atoms with Gasteiger partial charge < -0.3 is 24.6 Å². The number of anilines is 1. The summed E-state index contributed by atoms with van der Waals surface area (Å²) in [6.07, 6.45) is 4.23. The SMILES string of the molecule is Cc1c(Cl)cccc1OCCOC(=O)N1C[C@@H]2C[C@@H]2c2c(-c3cnn(Cc4cc(C(=O)N5CCC(O)(C(=O)O)CC5)ccc4Cl)c3)cccc21. The van der Waals surface area contributed by atoms with Crippen LogP contribution in [0.15, 0.2) is 67.0 Å². The van der Waals surface area contributed by atoms with Gasteiger partial charge >= 0.3 is 12.1 Å². The van der Waals surface area contributed by atoms with Crippen LogP contribution in [0, 0.1) is 12.8 Å². The van der Waals surface area contributed by atoms with Gasteiger partial charge in [-0.3, -0.25) is 14.4 Å². The average Bonchev–Trinajstić information content (AvgIpc) is 3.76. The van der Waals surface area contributed by atoms with Crippen molar-refractivity contribution in [2.75, 3.05) is 37.7 Å². The first-order valence-electron chi connectivity index (χ1n) is 16.5. The number of halogens is 2. The van der Waals surface area contributed by atoms with Crippen LogP contribution in [0.3, 0.4) is 0 Å². The third-order valence-corrected chi connectivity index (χ3v) is 10.7. The third-order valence-electron chi connectivity index (χ3n) is 9.93. The summed E-state index contributed by atoms with van der Waals surface area (Å²) in [7, 11) is 0. The second kappa shape index (κ2) is 13.6. The molecule has 2 aliphatic heterocycles. The van der Waals surface area contributed by atoms with Crippen molar-refractivity contribution in [3.63, 3.8) is 0 Å². The van der Waals surface area contributed by atoms with E-state index in [0.29, 0.717) is 51.8 Å². The summed E-state index contributed by atoms with van der Waals surface area (Å²) >= 11 is 12.7. The molecule has 3 aliphatic rings. The fourth-order valence-electron chi connectivity index (χ4n) is 6.91. The second-order valence-electron chi connectivity index (χ2n) is 13.1. The summed E-state index contributed by atoms with van der Waals surface area (Å²) in [5.41, 5.74) is 3.98. The Balaban J connectivity index is 1.03. The number of ether oxygens (including phenoxy) is 2. The number of nitrogens with zero attached hydrogens (tertiary/aromatic N) is 4. The molecule has 3 heterocycles. The van der Waals surface area contributed by atoms with Crippen molar-refractivity contribution in [1.82, 2.24) is 14.7 Å². The predicted molar refractivity (Wildman–Crippen MR) is 187 cm³/mol. The van der Waals surface area contributed by atoms with E-state index >= 15 is 0 Å². The van der Waals surface area contributed by atoms with Crippen LogP contribution in [0.2, 0.25) is 10.0 Å². The molecule has 0 radical (unpaired) electrons. The van der Waals surface area contributed by atoms with Gasteiger partial charge in [0.15, 0.2) is 5.60 Å².